The van der Waals surface area contributed by atoms with Crippen molar-refractivity contribution in [3.05, 3.63) is 28.8 Å². The van der Waals surface area contributed by atoms with Gasteiger partial charge in [0.25, 0.3) is 0 Å². The van der Waals surface area contributed by atoms with Gasteiger partial charge in [0.2, 0.25) is 0 Å². The van der Waals surface area contributed by atoms with Crippen LogP contribution in [-0.2, 0) is 6.54 Å². The predicted molar refractivity (Wildman–Crippen MR) is 86.2 cm³/mol. The van der Waals surface area contributed by atoms with Crippen molar-refractivity contribution in [2.45, 2.75) is 46.1 Å². The molecule has 0 heterocycles. The Morgan fingerprint density at radius 2 is 1.74 bits per heavy atom. The Labute approximate surface area is 123 Å². The Morgan fingerprint density at radius 3 is 2.26 bits per heavy atom. The minimum atomic E-state index is 0.827. The lowest BCUT2D eigenvalue weighted by Crippen LogP contribution is -2.27. The second kappa shape index (κ2) is 9.22. The molecule has 0 aliphatic heterocycles. The average Bonchev–Trinajstić information content (AvgIpc) is 2.41. The molecule has 19 heavy (non-hydrogen) atoms. The molecule has 0 atom stereocenters. The lowest BCUT2D eigenvalue weighted by atomic mass is 10.1. The van der Waals surface area contributed by atoms with Crippen molar-refractivity contribution < 1.29 is 0 Å². The molecule has 0 aliphatic carbocycles. The van der Waals surface area contributed by atoms with Crippen LogP contribution < -0.4 is 10.2 Å². The highest BCUT2D eigenvalue weighted by Crippen LogP contribution is 2.26. The maximum atomic E-state index is 6.18. The highest BCUT2D eigenvalue weighted by molar-refractivity contribution is 6.30. The normalized spacial score (nSPS) is 10.7. The van der Waals surface area contributed by atoms with E-state index in [0.29, 0.717) is 0 Å². The highest BCUT2D eigenvalue weighted by atomic mass is 35.5. The quantitative estimate of drug-likeness (QED) is 0.719. The summed E-state index contributed by atoms with van der Waals surface area (Å²) < 4.78 is 0. The van der Waals surface area contributed by atoms with Crippen LogP contribution in [-0.4, -0.2) is 20.1 Å². The molecular formula is C16H27ClN2. The maximum absolute atomic E-state index is 6.18. The first-order valence-corrected chi connectivity index (χ1v) is 7.78. The molecule has 0 amide bonds. The highest BCUT2D eigenvalue weighted by Gasteiger charge is 2.11. The topological polar surface area (TPSA) is 15.3 Å². The number of unbranched alkanes of at least 4 members (excludes halogenated alkanes) is 2. The van der Waals surface area contributed by atoms with Gasteiger partial charge < -0.3 is 10.2 Å². The molecule has 108 valence electrons. The number of nitrogens with one attached hydrogen (secondary N) is 1. The lowest BCUT2D eigenvalue weighted by molar-refractivity contribution is 0.672. The molecule has 0 spiro atoms. The Balaban J connectivity index is 2.93. The summed E-state index contributed by atoms with van der Waals surface area (Å²) in [5, 5.41) is 4.07. The van der Waals surface area contributed by atoms with Gasteiger partial charge in [-0.05, 0) is 37.6 Å². The van der Waals surface area contributed by atoms with Crippen LogP contribution in [0.25, 0.3) is 0 Å². The van der Waals surface area contributed by atoms with Crippen molar-refractivity contribution in [1.82, 2.24) is 5.32 Å². The molecule has 0 radical (unpaired) electrons. The van der Waals surface area contributed by atoms with Gasteiger partial charge in [0.1, 0.15) is 0 Å². The number of rotatable bonds is 9. The largest absolute Gasteiger partial charge is 0.371 e. The monoisotopic (exact) mass is 282 g/mol. The number of halogens is 1. The number of benzene rings is 1. The first-order valence-electron chi connectivity index (χ1n) is 7.40. The lowest BCUT2D eigenvalue weighted by Gasteiger charge is -2.27. The van der Waals surface area contributed by atoms with E-state index in [2.05, 4.69) is 36.2 Å². The summed E-state index contributed by atoms with van der Waals surface area (Å²) in [4.78, 5) is 2.49. The van der Waals surface area contributed by atoms with Crippen LogP contribution in [0.2, 0.25) is 5.02 Å². The van der Waals surface area contributed by atoms with E-state index in [9.17, 15) is 0 Å². The van der Waals surface area contributed by atoms with E-state index in [-0.39, 0.29) is 0 Å². The first-order chi connectivity index (χ1) is 9.22. The Bertz CT molecular complexity index is 358. The van der Waals surface area contributed by atoms with Crippen molar-refractivity contribution in [3.8, 4) is 0 Å². The smallest absolute Gasteiger partial charge is 0.0426 e. The van der Waals surface area contributed by atoms with Crippen LogP contribution >= 0.6 is 11.6 Å². The number of hydrogen-bond donors (Lipinski definition) is 1. The fourth-order valence-electron chi connectivity index (χ4n) is 2.22. The standard InChI is InChI=1S/C16H27ClN2/c1-4-6-10-19(11-7-5-2)16-12-15(17)9-8-14(16)13-18-3/h8-9,12,18H,4-7,10-11,13H2,1-3H3. The maximum Gasteiger partial charge on any atom is 0.0426 e. The molecule has 1 rings (SSSR count). The molecule has 2 nitrogen and oxygen atoms in total. The summed E-state index contributed by atoms with van der Waals surface area (Å²) >= 11 is 6.18. The van der Waals surface area contributed by atoms with Gasteiger partial charge in [-0.25, -0.2) is 0 Å². The third kappa shape index (κ3) is 5.42. The summed E-state index contributed by atoms with van der Waals surface area (Å²) in [6.45, 7) is 7.61. The molecule has 0 saturated carbocycles. The minimum Gasteiger partial charge on any atom is -0.371 e. The van der Waals surface area contributed by atoms with E-state index in [0.717, 1.165) is 24.7 Å². The van der Waals surface area contributed by atoms with Crippen LogP contribution in [0.4, 0.5) is 5.69 Å². The van der Waals surface area contributed by atoms with E-state index in [1.165, 1.54) is 36.9 Å². The van der Waals surface area contributed by atoms with E-state index >= 15 is 0 Å². The third-order valence-corrected chi connectivity index (χ3v) is 3.55. The van der Waals surface area contributed by atoms with Crippen molar-refractivity contribution in [2.24, 2.45) is 0 Å². The van der Waals surface area contributed by atoms with E-state index in [1.807, 2.05) is 13.1 Å². The van der Waals surface area contributed by atoms with Crippen molar-refractivity contribution >= 4 is 17.3 Å². The summed E-state index contributed by atoms with van der Waals surface area (Å²) in [5.41, 5.74) is 2.63. The number of hydrogen-bond acceptors (Lipinski definition) is 2. The molecular weight excluding hydrogens is 256 g/mol. The van der Waals surface area contributed by atoms with Gasteiger partial charge in [-0.15, -0.1) is 0 Å². The molecule has 0 unspecified atom stereocenters. The first kappa shape index (κ1) is 16.3. The fraction of sp³-hybridized carbons (Fsp3) is 0.625. The Morgan fingerprint density at radius 1 is 1.11 bits per heavy atom. The average molecular weight is 283 g/mol. The van der Waals surface area contributed by atoms with E-state index in [1.54, 1.807) is 0 Å². The Hall–Kier alpha value is -0.730. The van der Waals surface area contributed by atoms with Crippen LogP contribution in [0.3, 0.4) is 0 Å². The van der Waals surface area contributed by atoms with Gasteiger partial charge >= 0.3 is 0 Å². The summed E-state index contributed by atoms with van der Waals surface area (Å²) in [5.74, 6) is 0. The minimum absolute atomic E-state index is 0.827. The predicted octanol–water partition coefficient (Wildman–Crippen LogP) is 4.47. The van der Waals surface area contributed by atoms with Crippen LogP contribution in [0, 0.1) is 0 Å². The molecule has 1 aromatic rings. The summed E-state index contributed by atoms with van der Waals surface area (Å²) in [6, 6.07) is 6.23. The summed E-state index contributed by atoms with van der Waals surface area (Å²) in [7, 11) is 1.99. The van der Waals surface area contributed by atoms with Crippen LogP contribution in [0.5, 0.6) is 0 Å². The molecule has 0 aromatic heterocycles. The van der Waals surface area contributed by atoms with Gasteiger partial charge in [-0.1, -0.05) is 44.4 Å². The zero-order valence-electron chi connectivity index (χ0n) is 12.5. The number of anilines is 1. The van der Waals surface area contributed by atoms with Gasteiger partial charge in [0.15, 0.2) is 0 Å². The van der Waals surface area contributed by atoms with Gasteiger partial charge in [0.05, 0.1) is 0 Å². The van der Waals surface area contributed by atoms with Crippen molar-refractivity contribution in [1.29, 1.82) is 0 Å². The molecule has 0 bridgehead atoms. The molecule has 0 aliphatic rings. The van der Waals surface area contributed by atoms with Crippen molar-refractivity contribution in [3.63, 3.8) is 0 Å². The second-order valence-corrected chi connectivity index (χ2v) is 5.43. The van der Waals surface area contributed by atoms with Crippen LogP contribution in [0.1, 0.15) is 45.1 Å². The Kier molecular flexibility index (Phi) is 7.92. The van der Waals surface area contributed by atoms with E-state index in [4.69, 9.17) is 11.6 Å². The zero-order valence-corrected chi connectivity index (χ0v) is 13.3. The molecule has 3 heteroatoms. The molecule has 1 N–H and O–H groups in total. The zero-order chi connectivity index (χ0) is 14.1. The molecule has 0 saturated heterocycles. The fourth-order valence-corrected chi connectivity index (χ4v) is 2.39. The van der Waals surface area contributed by atoms with E-state index < -0.39 is 0 Å². The number of nitrogens with zero attached hydrogens (tertiary/aromatic N) is 1. The van der Waals surface area contributed by atoms with Gasteiger partial charge in [0, 0.05) is 30.3 Å². The van der Waals surface area contributed by atoms with Crippen LogP contribution in [0.15, 0.2) is 18.2 Å². The molecule has 1 aromatic carbocycles. The molecule has 0 fully saturated rings. The SMILES string of the molecule is CCCCN(CCCC)c1cc(Cl)ccc1CNC. The van der Waals surface area contributed by atoms with Gasteiger partial charge in [-0.2, -0.15) is 0 Å². The van der Waals surface area contributed by atoms with Gasteiger partial charge in [-0.3, -0.25) is 0 Å². The van der Waals surface area contributed by atoms with Crippen molar-refractivity contribution in [2.75, 3.05) is 25.0 Å². The third-order valence-electron chi connectivity index (χ3n) is 3.32. The second-order valence-electron chi connectivity index (χ2n) is 5.00. The summed E-state index contributed by atoms with van der Waals surface area (Å²) in [6.07, 6.45) is 4.92.